The van der Waals surface area contributed by atoms with Crippen molar-refractivity contribution in [3.63, 3.8) is 0 Å². The third kappa shape index (κ3) is 1.69. The van der Waals surface area contributed by atoms with Crippen LogP contribution in [0, 0.1) is 6.92 Å². The Hall–Kier alpha value is -1.19. The van der Waals surface area contributed by atoms with Gasteiger partial charge in [0.25, 0.3) is 0 Å². The van der Waals surface area contributed by atoms with Gasteiger partial charge in [-0.25, -0.2) is 0 Å². The van der Waals surface area contributed by atoms with Gasteiger partial charge < -0.3 is 5.11 Å². The van der Waals surface area contributed by atoms with E-state index >= 15 is 0 Å². The highest BCUT2D eigenvalue weighted by Gasteiger charge is 2.04. The first-order chi connectivity index (χ1) is 6.81. The molecule has 0 aliphatic rings. The van der Waals surface area contributed by atoms with Crippen LogP contribution in [0.1, 0.15) is 10.4 Å². The van der Waals surface area contributed by atoms with E-state index in [0.29, 0.717) is 0 Å². The molecule has 0 aromatic carbocycles. The summed E-state index contributed by atoms with van der Waals surface area (Å²) in [5.41, 5.74) is 2.36. The summed E-state index contributed by atoms with van der Waals surface area (Å²) in [6.45, 7) is 2.16. The maximum Gasteiger partial charge on any atom is 0.0774 e. The van der Waals surface area contributed by atoms with Crippen molar-refractivity contribution in [3.05, 3.63) is 41.0 Å². The first-order valence-electron chi connectivity index (χ1n) is 4.42. The van der Waals surface area contributed by atoms with E-state index in [9.17, 15) is 0 Å². The van der Waals surface area contributed by atoms with Gasteiger partial charge in [-0.15, -0.1) is 11.3 Å². The van der Waals surface area contributed by atoms with Gasteiger partial charge in [-0.2, -0.15) is 0 Å². The molecule has 0 radical (unpaired) electrons. The number of hydrogen-bond acceptors (Lipinski definition) is 3. The summed E-state index contributed by atoms with van der Waals surface area (Å²) in [4.78, 5) is 6.24. The summed E-state index contributed by atoms with van der Waals surface area (Å²) in [6.07, 6.45) is 3.65. The van der Waals surface area contributed by atoms with Crippen molar-refractivity contribution >= 4 is 11.3 Å². The maximum absolute atomic E-state index is 8.97. The number of thiophene rings is 1. The summed E-state index contributed by atoms with van der Waals surface area (Å²) in [7, 11) is 0. The molecule has 0 aliphatic carbocycles. The molecular weight excluding hydrogens is 194 g/mol. The third-order valence-electron chi connectivity index (χ3n) is 2.10. The average Bonchev–Trinajstić information content (AvgIpc) is 2.67. The quantitative estimate of drug-likeness (QED) is 0.817. The largest absolute Gasteiger partial charge is 0.391 e. The lowest BCUT2D eigenvalue weighted by molar-refractivity contribution is 0.285. The van der Waals surface area contributed by atoms with Gasteiger partial charge in [0.15, 0.2) is 0 Å². The van der Waals surface area contributed by atoms with Crippen LogP contribution < -0.4 is 0 Å². The Morgan fingerprint density at radius 3 is 2.86 bits per heavy atom. The predicted molar refractivity (Wildman–Crippen MR) is 58.2 cm³/mol. The van der Waals surface area contributed by atoms with Crippen LogP contribution >= 0.6 is 11.3 Å². The molecular formula is C11H11NOS. The third-order valence-corrected chi connectivity index (χ3v) is 3.21. The number of nitrogens with zero attached hydrogens (tertiary/aromatic N) is 1. The lowest BCUT2D eigenvalue weighted by atomic mass is 10.1. The number of pyridine rings is 1. The molecule has 0 atom stereocenters. The zero-order valence-corrected chi connectivity index (χ0v) is 8.71. The predicted octanol–water partition coefficient (Wildman–Crippen LogP) is 2.61. The van der Waals surface area contributed by atoms with Gasteiger partial charge in [-0.05, 0) is 36.2 Å². The molecule has 2 aromatic heterocycles. The van der Waals surface area contributed by atoms with Gasteiger partial charge in [0, 0.05) is 22.1 Å². The molecule has 0 fully saturated rings. The molecule has 0 unspecified atom stereocenters. The van der Waals surface area contributed by atoms with Crippen LogP contribution in [0.2, 0.25) is 0 Å². The minimum Gasteiger partial charge on any atom is -0.391 e. The molecule has 1 N–H and O–H groups in total. The van der Waals surface area contributed by atoms with E-state index in [1.807, 2.05) is 31.3 Å². The van der Waals surface area contributed by atoms with Crippen LogP contribution in [0.25, 0.3) is 10.4 Å². The average molecular weight is 205 g/mol. The van der Waals surface area contributed by atoms with Gasteiger partial charge in [-0.3, -0.25) is 4.98 Å². The summed E-state index contributed by atoms with van der Waals surface area (Å²) < 4.78 is 0. The fourth-order valence-corrected chi connectivity index (χ4v) is 2.32. The first kappa shape index (κ1) is 9.37. The number of rotatable bonds is 2. The molecule has 72 valence electrons. The molecule has 0 amide bonds. The van der Waals surface area contributed by atoms with Crippen LogP contribution in [0.15, 0.2) is 30.6 Å². The molecule has 2 nitrogen and oxygen atoms in total. The minimum atomic E-state index is 0.120. The number of aryl methyl sites for hydroxylation is 1. The lowest BCUT2D eigenvalue weighted by Crippen LogP contribution is -1.80. The van der Waals surface area contributed by atoms with Crippen molar-refractivity contribution in [1.29, 1.82) is 0 Å². The molecule has 0 saturated heterocycles. The van der Waals surface area contributed by atoms with Crippen LogP contribution in [-0.2, 0) is 6.61 Å². The Morgan fingerprint density at radius 1 is 1.36 bits per heavy atom. The van der Waals surface area contributed by atoms with Gasteiger partial charge in [-0.1, -0.05) is 0 Å². The molecule has 14 heavy (non-hydrogen) atoms. The van der Waals surface area contributed by atoms with Crippen LogP contribution in [0.4, 0.5) is 0 Å². The maximum atomic E-state index is 8.97. The molecule has 0 spiro atoms. The summed E-state index contributed by atoms with van der Waals surface area (Å²) in [6, 6.07) is 6.00. The number of hydrogen-bond donors (Lipinski definition) is 1. The van der Waals surface area contributed by atoms with Crippen molar-refractivity contribution < 1.29 is 5.11 Å². The summed E-state index contributed by atoms with van der Waals surface area (Å²) >= 11 is 1.62. The monoisotopic (exact) mass is 205 g/mol. The Morgan fingerprint density at radius 2 is 2.21 bits per heavy atom. The Labute approximate surface area is 86.9 Å². The Kier molecular flexibility index (Phi) is 2.61. The standard InChI is InChI=1S/C11H11NOS/c1-8-6-12-5-4-10(8)11-3-2-9(7-13)14-11/h2-6,13H,7H2,1H3. The van der Waals surface area contributed by atoms with Crippen molar-refractivity contribution in [3.8, 4) is 10.4 Å². The highest BCUT2D eigenvalue weighted by atomic mass is 32.1. The smallest absolute Gasteiger partial charge is 0.0774 e. The van der Waals surface area contributed by atoms with Gasteiger partial charge in [0.1, 0.15) is 0 Å². The zero-order valence-electron chi connectivity index (χ0n) is 7.90. The van der Waals surface area contributed by atoms with E-state index in [0.717, 1.165) is 4.88 Å². The topological polar surface area (TPSA) is 33.1 Å². The number of aliphatic hydroxyl groups is 1. The fourth-order valence-electron chi connectivity index (χ4n) is 1.36. The van der Waals surface area contributed by atoms with Crippen LogP contribution in [0.3, 0.4) is 0 Å². The lowest BCUT2D eigenvalue weighted by Gasteiger charge is -2.00. The van der Waals surface area contributed by atoms with E-state index in [4.69, 9.17) is 5.11 Å². The van der Waals surface area contributed by atoms with E-state index in [-0.39, 0.29) is 6.61 Å². The Bertz CT molecular complexity index is 436. The SMILES string of the molecule is Cc1cnccc1-c1ccc(CO)s1. The van der Waals surface area contributed by atoms with Gasteiger partial charge in [0.2, 0.25) is 0 Å². The second-order valence-electron chi connectivity index (χ2n) is 3.11. The van der Waals surface area contributed by atoms with E-state index in [2.05, 4.69) is 4.98 Å². The first-order valence-corrected chi connectivity index (χ1v) is 5.23. The highest BCUT2D eigenvalue weighted by Crippen LogP contribution is 2.29. The fraction of sp³-hybridized carbons (Fsp3) is 0.182. The molecule has 3 heteroatoms. The summed E-state index contributed by atoms with van der Waals surface area (Å²) in [5, 5.41) is 8.97. The summed E-state index contributed by atoms with van der Waals surface area (Å²) in [5.74, 6) is 0. The zero-order chi connectivity index (χ0) is 9.97. The van der Waals surface area contributed by atoms with Crippen molar-refractivity contribution in [2.45, 2.75) is 13.5 Å². The second-order valence-corrected chi connectivity index (χ2v) is 4.28. The van der Waals surface area contributed by atoms with Crippen molar-refractivity contribution in [1.82, 2.24) is 4.98 Å². The van der Waals surface area contributed by atoms with Crippen LogP contribution in [-0.4, -0.2) is 10.1 Å². The van der Waals surface area contributed by atoms with E-state index in [1.54, 1.807) is 17.5 Å². The van der Waals surface area contributed by atoms with E-state index < -0.39 is 0 Å². The normalized spacial score (nSPS) is 10.4. The molecule has 0 bridgehead atoms. The van der Waals surface area contributed by atoms with Gasteiger partial charge in [0.05, 0.1) is 6.61 Å². The minimum absolute atomic E-state index is 0.120. The van der Waals surface area contributed by atoms with Crippen LogP contribution in [0.5, 0.6) is 0 Å². The number of aliphatic hydroxyl groups excluding tert-OH is 1. The highest BCUT2D eigenvalue weighted by molar-refractivity contribution is 7.15. The molecule has 2 aromatic rings. The van der Waals surface area contributed by atoms with Crippen molar-refractivity contribution in [2.75, 3.05) is 0 Å². The number of aromatic nitrogens is 1. The Balaban J connectivity index is 2.44. The molecule has 0 aliphatic heterocycles. The molecule has 0 saturated carbocycles. The molecule has 2 rings (SSSR count). The molecule has 2 heterocycles. The second kappa shape index (κ2) is 3.90. The van der Waals surface area contributed by atoms with Gasteiger partial charge >= 0.3 is 0 Å². The van der Waals surface area contributed by atoms with Crippen molar-refractivity contribution in [2.24, 2.45) is 0 Å². The van der Waals surface area contributed by atoms with E-state index in [1.165, 1.54) is 16.0 Å².